The number of anilines is 1. The third kappa shape index (κ3) is 5.93. The Balaban J connectivity index is 0.00000264. The third-order valence-electron chi connectivity index (χ3n) is 3.48. The largest absolute Gasteiger partial charge is 0.399 e. The molecular weight excluding hydrogens is 310 g/mol. The van der Waals surface area contributed by atoms with Crippen molar-refractivity contribution in [3.05, 3.63) is 65.7 Å². The van der Waals surface area contributed by atoms with Gasteiger partial charge in [0, 0.05) is 30.9 Å². The first-order chi connectivity index (χ1) is 10.6. The van der Waals surface area contributed by atoms with Gasteiger partial charge < -0.3 is 15.5 Å². The van der Waals surface area contributed by atoms with E-state index in [0.29, 0.717) is 24.3 Å². The highest BCUT2D eigenvalue weighted by molar-refractivity contribution is 5.94. The molecule has 124 valence electrons. The topological polar surface area (TPSA) is 49.6 Å². The number of nitrogen functional groups attached to an aromatic ring is 1. The molecule has 2 aromatic carbocycles. The highest BCUT2D eigenvalue weighted by atomic mass is 35.5. The smallest absolute Gasteiger partial charge is 0.254 e. The van der Waals surface area contributed by atoms with Gasteiger partial charge in [0.15, 0.2) is 0 Å². The molecule has 0 aliphatic rings. The second-order valence-corrected chi connectivity index (χ2v) is 5.64. The maximum atomic E-state index is 12.7. The summed E-state index contributed by atoms with van der Waals surface area (Å²) in [5, 5.41) is 0. The van der Waals surface area contributed by atoms with Gasteiger partial charge in [0.2, 0.25) is 0 Å². The maximum absolute atomic E-state index is 12.7. The molecule has 2 rings (SSSR count). The van der Waals surface area contributed by atoms with Gasteiger partial charge in [-0.15, -0.1) is 12.4 Å². The standard InChI is InChI=1S/C18H23N3O.ClH/c1-20(2)12-13-21(14-15-6-4-3-5-7-15)18(22)16-8-10-17(19)11-9-16;/h3-11H,12-14,19H2,1-2H3;1H. The van der Waals surface area contributed by atoms with Crippen LogP contribution in [0.4, 0.5) is 5.69 Å². The lowest BCUT2D eigenvalue weighted by molar-refractivity contribution is 0.0732. The molecule has 0 radical (unpaired) electrons. The summed E-state index contributed by atoms with van der Waals surface area (Å²) in [7, 11) is 4.02. The first-order valence-corrected chi connectivity index (χ1v) is 7.40. The van der Waals surface area contributed by atoms with Crippen molar-refractivity contribution in [3.8, 4) is 0 Å². The lowest BCUT2D eigenvalue weighted by Crippen LogP contribution is -2.36. The van der Waals surface area contributed by atoms with Crippen LogP contribution in [0.2, 0.25) is 0 Å². The van der Waals surface area contributed by atoms with Crippen LogP contribution in [0.15, 0.2) is 54.6 Å². The van der Waals surface area contributed by atoms with Crippen LogP contribution in [0, 0.1) is 0 Å². The van der Waals surface area contributed by atoms with E-state index in [4.69, 9.17) is 5.73 Å². The van der Waals surface area contributed by atoms with Gasteiger partial charge >= 0.3 is 0 Å². The maximum Gasteiger partial charge on any atom is 0.254 e. The Kier molecular flexibility index (Phi) is 7.59. The molecule has 0 spiro atoms. The second-order valence-electron chi connectivity index (χ2n) is 5.64. The molecule has 0 bridgehead atoms. The van der Waals surface area contributed by atoms with Gasteiger partial charge in [-0.05, 0) is 43.9 Å². The average Bonchev–Trinajstić information content (AvgIpc) is 2.52. The fraction of sp³-hybridized carbons (Fsp3) is 0.278. The van der Waals surface area contributed by atoms with Gasteiger partial charge in [0.05, 0.1) is 0 Å². The molecule has 0 saturated heterocycles. The number of carbonyl (C=O) groups excluding carboxylic acids is 1. The number of rotatable bonds is 6. The molecule has 0 unspecified atom stereocenters. The first-order valence-electron chi connectivity index (χ1n) is 7.40. The van der Waals surface area contributed by atoms with E-state index in [1.54, 1.807) is 24.3 Å². The zero-order chi connectivity index (χ0) is 15.9. The van der Waals surface area contributed by atoms with Crippen LogP contribution in [0.1, 0.15) is 15.9 Å². The monoisotopic (exact) mass is 333 g/mol. The lowest BCUT2D eigenvalue weighted by Gasteiger charge is -2.24. The van der Waals surface area contributed by atoms with Crippen LogP contribution in [0.5, 0.6) is 0 Å². The van der Waals surface area contributed by atoms with E-state index < -0.39 is 0 Å². The number of nitrogens with zero attached hydrogens (tertiary/aromatic N) is 2. The van der Waals surface area contributed by atoms with E-state index in [1.165, 1.54) is 0 Å². The molecule has 0 aromatic heterocycles. The van der Waals surface area contributed by atoms with Crippen molar-refractivity contribution in [2.24, 2.45) is 0 Å². The molecule has 23 heavy (non-hydrogen) atoms. The fourth-order valence-electron chi connectivity index (χ4n) is 2.19. The van der Waals surface area contributed by atoms with Crippen LogP contribution < -0.4 is 5.73 Å². The minimum absolute atomic E-state index is 0. The summed E-state index contributed by atoms with van der Waals surface area (Å²) in [5.74, 6) is 0.0331. The minimum Gasteiger partial charge on any atom is -0.399 e. The van der Waals surface area contributed by atoms with Crippen LogP contribution in [0.25, 0.3) is 0 Å². The van der Waals surface area contributed by atoms with Gasteiger partial charge in [-0.25, -0.2) is 0 Å². The molecule has 0 atom stereocenters. The molecular formula is C18H24ClN3O. The molecule has 0 heterocycles. The number of benzene rings is 2. The Hall–Kier alpha value is -2.04. The van der Waals surface area contributed by atoms with Crippen molar-refractivity contribution in [3.63, 3.8) is 0 Å². The quantitative estimate of drug-likeness (QED) is 0.827. The van der Waals surface area contributed by atoms with Gasteiger partial charge in [-0.1, -0.05) is 30.3 Å². The predicted molar refractivity (Wildman–Crippen MR) is 97.8 cm³/mol. The summed E-state index contributed by atoms with van der Waals surface area (Å²) in [6.45, 7) is 2.12. The van der Waals surface area contributed by atoms with Crippen molar-refractivity contribution in [1.29, 1.82) is 0 Å². The number of halogens is 1. The molecule has 2 aromatic rings. The molecule has 0 saturated carbocycles. The Morgan fingerprint density at radius 3 is 2.13 bits per heavy atom. The zero-order valence-electron chi connectivity index (χ0n) is 13.6. The minimum atomic E-state index is 0. The number of amides is 1. The van der Waals surface area contributed by atoms with Crippen molar-refractivity contribution in [2.75, 3.05) is 32.9 Å². The summed E-state index contributed by atoms with van der Waals surface area (Å²) < 4.78 is 0. The molecule has 0 fully saturated rings. The van der Waals surface area contributed by atoms with Gasteiger partial charge in [-0.2, -0.15) is 0 Å². The van der Waals surface area contributed by atoms with Crippen molar-refractivity contribution in [1.82, 2.24) is 9.80 Å². The Labute approximate surface area is 144 Å². The van der Waals surface area contributed by atoms with E-state index in [0.717, 1.165) is 12.1 Å². The first kappa shape index (κ1) is 19.0. The van der Waals surface area contributed by atoms with Crippen LogP contribution in [0.3, 0.4) is 0 Å². The van der Waals surface area contributed by atoms with Gasteiger partial charge in [-0.3, -0.25) is 4.79 Å². The number of hydrogen-bond donors (Lipinski definition) is 1. The fourth-order valence-corrected chi connectivity index (χ4v) is 2.19. The summed E-state index contributed by atoms with van der Waals surface area (Å²) >= 11 is 0. The third-order valence-corrected chi connectivity index (χ3v) is 3.48. The second kappa shape index (κ2) is 9.18. The van der Waals surface area contributed by atoms with Crippen LogP contribution >= 0.6 is 12.4 Å². The summed E-state index contributed by atoms with van der Waals surface area (Å²) in [6.07, 6.45) is 0. The van der Waals surface area contributed by atoms with Crippen LogP contribution in [-0.2, 0) is 6.54 Å². The molecule has 5 heteroatoms. The van der Waals surface area contributed by atoms with E-state index in [1.807, 2.05) is 49.3 Å². The summed E-state index contributed by atoms with van der Waals surface area (Å²) in [6, 6.07) is 17.1. The SMILES string of the molecule is CN(C)CCN(Cc1ccccc1)C(=O)c1ccc(N)cc1.Cl. The molecule has 1 amide bonds. The van der Waals surface area contributed by atoms with Crippen molar-refractivity contribution >= 4 is 24.0 Å². The highest BCUT2D eigenvalue weighted by Crippen LogP contribution is 2.12. The van der Waals surface area contributed by atoms with Gasteiger partial charge in [0.25, 0.3) is 5.91 Å². The Morgan fingerprint density at radius 2 is 1.57 bits per heavy atom. The molecule has 4 nitrogen and oxygen atoms in total. The Morgan fingerprint density at radius 1 is 0.957 bits per heavy atom. The van der Waals surface area contributed by atoms with Crippen molar-refractivity contribution < 1.29 is 4.79 Å². The molecule has 2 N–H and O–H groups in total. The summed E-state index contributed by atoms with van der Waals surface area (Å²) in [5.41, 5.74) is 8.16. The normalized spacial score (nSPS) is 10.2. The highest BCUT2D eigenvalue weighted by Gasteiger charge is 2.16. The van der Waals surface area contributed by atoms with Crippen LogP contribution in [-0.4, -0.2) is 42.9 Å². The molecule has 0 aliphatic carbocycles. The number of likely N-dealkylation sites (N-methyl/N-ethyl adjacent to an activating group) is 1. The zero-order valence-corrected chi connectivity index (χ0v) is 14.4. The average molecular weight is 334 g/mol. The predicted octanol–water partition coefficient (Wildman–Crippen LogP) is 2.89. The van der Waals surface area contributed by atoms with Gasteiger partial charge in [0.1, 0.15) is 0 Å². The lowest BCUT2D eigenvalue weighted by atomic mass is 10.1. The number of carbonyl (C=O) groups is 1. The summed E-state index contributed by atoms with van der Waals surface area (Å²) in [4.78, 5) is 16.7. The molecule has 0 aliphatic heterocycles. The van der Waals surface area contributed by atoms with E-state index in [-0.39, 0.29) is 18.3 Å². The van der Waals surface area contributed by atoms with E-state index >= 15 is 0 Å². The number of nitrogens with two attached hydrogens (primary N) is 1. The van der Waals surface area contributed by atoms with E-state index in [9.17, 15) is 4.79 Å². The Bertz CT molecular complexity index is 599. The van der Waals surface area contributed by atoms with E-state index in [2.05, 4.69) is 4.90 Å². The van der Waals surface area contributed by atoms with Crippen molar-refractivity contribution in [2.45, 2.75) is 6.54 Å². The number of hydrogen-bond acceptors (Lipinski definition) is 3.